The molecule has 0 radical (unpaired) electrons. The van der Waals surface area contributed by atoms with E-state index in [0.717, 1.165) is 41.2 Å². The summed E-state index contributed by atoms with van der Waals surface area (Å²) in [4.78, 5) is 0. The molecule has 17 heavy (non-hydrogen) atoms. The lowest BCUT2D eigenvalue weighted by atomic mass is 10.2. The minimum Gasteiger partial charge on any atom is -0.494 e. The summed E-state index contributed by atoms with van der Waals surface area (Å²) in [5, 5.41) is 7.55. The number of benzene rings is 1. The van der Waals surface area contributed by atoms with Crippen molar-refractivity contribution in [2.45, 2.75) is 25.8 Å². The van der Waals surface area contributed by atoms with Gasteiger partial charge in [-0.05, 0) is 37.5 Å². The summed E-state index contributed by atoms with van der Waals surface area (Å²) in [5.74, 6) is 0.876. The highest BCUT2D eigenvalue weighted by molar-refractivity contribution is 6.31. The predicted molar refractivity (Wildman–Crippen MR) is 72.3 cm³/mol. The van der Waals surface area contributed by atoms with Crippen LogP contribution in [0.1, 0.15) is 18.4 Å². The van der Waals surface area contributed by atoms with Gasteiger partial charge in [0.25, 0.3) is 0 Å². The van der Waals surface area contributed by atoms with E-state index in [1.54, 1.807) is 7.11 Å². The van der Waals surface area contributed by atoms with Crippen LogP contribution in [0.25, 0.3) is 0 Å². The van der Waals surface area contributed by atoms with E-state index in [1.807, 2.05) is 19.1 Å². The molecule has 1 fully saturated rings. The van der Waals surface area contributed by atoms with Crippen LogP contribution in [-0.2, 0) is 0 Å². The van der Waals surface area contributed by atoms with Gasteiger partial charge in [0.15, 0.2) is 0 Å². The Kier molecular flexibility index (Phi) is 4.13. The molecule has 1 aliphatic rings. The van der Waals surface area contributed by atoms with E-state index in [9.17, 15) is 0 Å². The van der Waals surface area contributed by atoms with Crippen LogP contribution in [0.15, 0.2) is 12.1 Å². The molecule has 0 heterocycles. The van der Waals surface area contributed by atoms with Gasteiger partial charge in [-0.15, -0.1) is 0 Å². The highest BCUT2D eigenvalue weighted by Crippen LogP contribution is 2.31. The maximum atomic E-state index is 6.04. The minimum atomic E-state index is 0.737. The average molecular weight is 255 g/mol. The maximum absolute atomic E-state index is 6.04. The molecule has 2 N–H and O–H groups in total. The maximum Gasteiger partial charge on any atom is 0.144 e. The fourth-order valence-corrected chi connectivity index (χ4v) is 2.17. The molecule has 0 atom stereocenters. The zero-order chi connectivity index (χ0) is 12.3. The van der Waals surface area contributed by atoms with Crippen molar-refractivity contribution in [3.8, 4) is 5.75 Å². The lowest BCUT2D eigenvalue weighted by Gasteiger charge is -2.14. The molecule has 1 aromatic carbocycles. The quantitative estimate of drug-likeness (QED) is 0.766. The van der Waals surface area contributed by atoms with Gasteiger partial charge in [-0.2, -0.15) is 0 Å². The number of halogens is 1. The Morgan fingerprint density at radius 3 is 2.76 bits per heavy atom. The van der Waals surface area contributed by atoms with Gasteiger partial charge in [0, 0.05) is 24.2 Å². The molecule has 94 valence electrons. The van der Waals surface area contributed by atoms with Crippen LogP contribution in [-0.4, -0.2) is 26.2 Å². The van der Waals surface area contributed by atoms with Crippen LogP contribution in [0.3, 0.4) is 0 Å². The summed E-state index contributed by atoms with van der Waals surface area (Å²) in [7, 11) is 1.68. The summed E-state index contributed by atoms with van der Waals surface area (Å²) in [5.41, 5.74) is 2.02. The zero-order valence-electron chi connectivity index (χ0n) is 10.3. The molecule has 2 rings (SSSR count). The van der Waals surface area contributed by atoms with E-state index in [0.29, 0.717) is 0 Å². The molecule has 0 amide bonds. The molecule has 0 bridgehead atoms. The Balaban J connectivity index is 1.92. The van der Waals surface area contributed by atoms with Crippen molar-refractivity contribution >= 4 is 17.3 Å². The number of ether oxygens (including phenoxy) is 1. The largest absolute Gasteiger partial charge is 0.494 e. The average Bonchev–Trinajstić information content (AvgIpc) is 3.07. The normalized spacial score (nSPS) is 14.8. The topological polar surface area (TPSA) is 33.3 Å². The number of rotatable bonds is 6. The van der Waals surface area contributed by atoms with Crippen LogP contribution in [0.5, 0.6) is 5.75 Å². The summed E-state index contributed by atoms with van der Waals surface area (Å²) < 4.78 is 5.38. The summed E-state index contributed by atoms with van der Waals surface area (Å²) in [6.45, 7) is 3.85. The van der Waals surface area contributed by atoms with Gasteiger partial charge in [0.05, 0.1) is 12.8 Å². The molecule has 0 saturated heterocycles. The number of aryl methyl sites for hydroxylation is 1. The van der Waals surface area contributed by atoms with Crippen molar-refractivity contribution in [1.29, 1.82) is 0 Å². The molecule has 4 heteroatoms. The highest BCUT2D eigenvalue weighted by atomic mass is 35.5. The van der Waals surface area contributed by atoms with Crippen molar-refractivity contribution in [2.24, 2.45) is 0 Å². The third kappa shape index (κ3) is 3.51. The van der Waals surface area contributed by atoms with Crippen LogP contribution in [0.2, 0.25) is 5.02 Å². The molecule has 0 aliphatic heterocycles. The Hall–Kier alpha value is -0.930. The molecule has 0 unspecified atom stereocenters. The molecule has 1 saturated carbocycles. The van der Waals surface area contributed by atoms with E-state index < -0.39 is 0 Å². The van der Waals surface area contributed by atoms with Crippen LogP contribution in [0.4, 0.5) is 5.69 Å². The van der Waals surface area contributed by atoms with E-state index >= 15 is 0 Å². The molecule has 1 aromatic rings. The second-order valence-corrected chi connectivity index (χ2v) is 4.90. The Labute approximate surface area is 107 Å². The summed E-state index contributed by atoms with van der Waals surface area (Å²) in [6.07, 6.45) is 2.64. The van der Waals surface area contributed by atoms with Crippen LogP contribution >= 0.6 is 11.6 Å². The Bertz CT molecular complexity index is 391. The SMILES string of the molecule is COc1c(C)cc(Cl)cc1NCCNC1CC1. The van der Waals surface area contributed by atoms with E-state index in [1.165, 1.54) is 12.8 Å². The first-order chi connectivity index (χ1) is 8.20. The number of anilines is 1. The van der Waals surface area contributed by atoms with Crippen molar-refractivity contribution in [3.05, 3.63) is 22.7 Å². The number of methoxy groups -OCH3 is 1. The van der Waals surface area contributed by atoms with Gasteiger partial charge in [0.1, 0.15) is 5.75 Å². The smallest absolute Gasteiger partial charge is 0.144 e. The predicted octanol–water partition coefficient (Wildman–Crippen LogP) is 2.82. The van der Waals surface area contributed by atoms with Crippen molar-refractivity contribution in [3.63, 3.8) is 0 Å². The molecule has 0 spiro atoms. The van der Waals surface area contributed by atoms with E-state index in [2.05, 4.69) is 10.6 Å². The lowest BCUT2D eigenvalue weighted by Crippen LogP contribution is -2.24. The minimum absolute atomic E-state index is 0.737. The zero-order valence-corrected chi connectivity index (χ0v) is 11.1. The monoisotopic (exact) mass is 254 g/mol. The second kappa shape index (κ2) is 5.61. The number of hydrogen-bond donors (Lipinski definition) is 2. The van der Waals surface area contributed by atoms with Gasteiger partial charge < -0.3 is 15.4 Å². The van der Waals surface area contributed by atoms with Gasteiger partial charge in [-0.1, -0.05) is 11.6 Å². The summed E-state index contributed by atoms with van der Waals surface area (Å²) >= 11 is 6.04. The summed E-state index contributed by atoms with van der Waals surface area (Å²) in [6, 6.07) is 4.57. The van der Waals surface area contributed by atoms with E-state index in [4.69, 9.17) is 16.3 Å². The molecule has 1 aliphatic carbocycles. The Morgan fingerprint density at radius 1 is 1.35 bits per heavy atom. The van der Waals surface area contributed by atoms with E-state index in [-0.39, 0.29) is 0 Å². The first-order valence-corrected chi connectivity index (χ1v) is 6.40. The van der Waals surface area contributed by atoms with Gasteiger partial charge >= 0.3 is 0 Å². The first kappa shape index (κ1) is 12.5. The van der Waals surface area contributed by atoms with Crippen LogP contribution in [0, 0.1) is 6.92 Å². The van der Waals surface area contributed by atoms with Crippen LogP contribution < -0.4 is 15.4 Å². The molecular weight excluding hydrogens is 236 g/mol. The van der Waals surface area contributed by atoms with Crippen molar-refractivity contribution in [1.82, 2.24) is 5.32 Å². The van der Waals surface area contributed by atoms with Gasteiger partial charge in [-0.25, -0.2) is 0 Å². The van der Waals surface area contributed by atoms with Gasteiger partial charge in [-0.3, -0.25) is 0 Å². The third-order valence-electron chi connectivity index (χ3n) is 2.89. The fourth-order valence-electron chi connectivity index (χ4n) is 1.89. The number of nitrogens with one attached hydrogen (secondary N) is 2. The van der Waals surface area contributed by atoms with Crippen molar-refractivity contribution in [2.75, 3.05) is 25.5 Å². The first-order valence-electron chi connectivity index (χ1n) is 6.02. The highest BCUT2D eigenvalue weighted by Gasteiger charge is 2.19. The van der Waals surface area contributed by atoms with Crippen molar-refractivity contribution < 1.29 is 4.74 Å². The second-order valence-electron chi connectivity index (χ2n) is 4.46. The third-order valence-corrected chi connectivity index (χ3v) is 3.11. The molecular formula is C13H19ClN2O. The Morgan fingerprint density at radius 2 is 2.12 bits per heavy atom. The lowest BCUT2D eigenvalue weighted by molar-refractivity contribution is 0.413. The fraction of sp³-hybridized carbons (Fsp3) is 0.538. The number of hydrogen-bond acceptors (Lipinski definition) is 3. The molecule has 3 nitrogen and oxygen atoms in total. The standard InChI is InChI=1S/C13H19ClN2O/c1-9-7-10(14)8-12(13(9)17-2)16-6-5-15-11-3-4-11/h7-8,11,15-16H,3-6H2,1-2H3. The molecule has 0 aromatic heterocycles. The van der Waals surface area contributed by atoms with Gasteiger partial charge in [0.2, 0.25) is 0 Å².